The quantitative estimate of drug-likeness (QED) is 0.711. The van der Waals surface area contributed by atoms with Crippen LogP contribution in [-0.2, 0) is 6.54 Å². The van der Waals surface area contributed by atoms with Gasteiger partial charge in [-0.25, -0.2) is 0 Å². The number of benzene rings is 1. The Hall–Kier alpha value is -1.10. The highest BCUT2D eigenvalue weighted by molar-refractivity contribution is 5.27. The standard InChI is InChI=1S/C17H29N3O/c1-19(2)10-11-20(3)12-13-21-17-8-4-15(5-9-17)14-18-16-6-7-16/h4-5,8-9,16,18H,6-7,10-14H2,1-3H3. The molecule has 0 heterocycles. The molecule has 0 unspecified atom stereocenters. The number of hydrogen-bond donors (Lipinski definition) is 1. The summed E-state index contributed by atoms with van der Waals surface area (Å²) >= 11 is 0. The summed E-state index contributed by atoms with van der Waals surface area (Å²) in [6.07, 6.45) is 2.67. The first-order chi connectivity index (χ1) is 10.1. The molecule has 0 bridgehead atoms. The fraction of sp³-hybridized carbons (Fsp3) is 0.647. The van der Waals surface area contributed by atoms with Crippen molar-refractivity contribution in [2.45, 2.75) is 25.4 Å². The largest absolute Gasteiger partial charge is 0.492 e. The molecule has 21 heavy (non-hydrogen) atoms. The fourth-order valence-corrected chi connectivity index (χ4v) is 2.06. The number of hydrogen-bond acceptors (Lipinski definition) is 4. The summed E-state index contributed by atoms with van der Waals surface area (Å²) in [5.41, 5.74) is 1.33. The average Bonchev–Trinajstić information content (AvgIpc) is 3.28. The van der Waals surface area contributed by atoms with Gasteiger partial charge in [-0.15, -0.1) is 0 Å². The van der Waals surface area contributed by atoms with Crippen molar-refractivity contribution in [1.29, 1.82) is 0 Å². The third-order valence-corrected chi connectivity index (χ3v) is 3.77. The van der Waals surface area contributed by atoms with E-state index in [1.807, 2.05) is 0 Å². The summed E-state index contributed by atoms with van der Waals surface area (Å²) in [7, 11) is 6.34. The molecule has 1 aromatic carbocycles. The van der Waals surface area contributed by atoms with Gasteiger partial charge in [-0.1, -0.05) is 12.1 Å². The number of nitrogens with zero attached hydrogens (tertiary/aromatic N) is 2. The lowest BCUT2D eigenvalue weighted by molar-refractivity contribution is 0.222. The Labute approximate surface area is 129 Å². The molecule has 1 aliphatic rings. The summed E-state index contributed by atoms with van der Waals surface area (Å²) < 4.78 is 5.80. The van der Waals surface area contributed by atoms with Gasteiger partial charge in [-0.2, -0.15) is 0 Å². The first kappa shape index (κ1) is 16.3. The van der Waals surface area contributed by atoms with Gasteiger partial charge in [-0.3, -0.25) is 0 Å². The van der Waals surface area contributed by atoms with Crippen LogP contribution in [0.15, 0.2) is 24.3 Å². The van der Waals surface area contributed by atoms with Crippen LogP contribution >= 0.6 is 0 Å². The molecule has 1 saturated carbocycles. The normalized spacial score (nSPS) is 14.9. The number of ether oxygens (including phenoxy) is 1. The van der Waals surface area contributed by atoms with Crippen LogP contribution < -0.4 is 10.1 Å². The van der Waals surface area contributed by atoms with Crippen LogP contribution in [0.5, 0.6) is 5.75 Å². The Morgan fingerprint density at radius 2 is 1.76 bits per heavy atom. The van der Waals surface area contributed by atoms with E-state index in [4.69, 9.17) is 4.74 Å². The summed E-state index contributed by atoms with van der Waals surface area (Å²) in [5.74, 6) is 0.964. The van der Waals surface area contributed by atoms with Crippen LogP contribution in [0.25, 0.3) is 0 Å². The van der Waals surface area contributed by atoms with Gasteiger partial charge in [0.15, 0.2) is 0 Å². The van der Waals surface area contributed by atoms with Gasteiger partial charge in [0.1, 0.15) is 12.4 Å². The second kappa shape index (κ2) is 8.37. The van der Waals surface area contributed by atoms with E-state index in [1.165, 1.54) is 18.4 Å². The van der Waals surface area contributed by atoms with Crippen LogP contribution in [0.4, 0.5) is 0 Å². The average molecular weight is 291 g/mol. The molecule has 0 amide bonds. The molecule has 0 aromatic heterocycles. The Kier molecular flexibility index (Phi) is 6.49. The van der Waals surface area contributed by atoms with Crippen LogP contribution in [0.3, 0.4) is 0 Å². The van der Waals surface area contributed by atoms with E-state index in [9.17, 15) is 0 Å². The molecule has 118 valence electrons. The molecule has 1 N–H and O–H groups in total. The number of rotatable bonds is 10. The van der Waals surface area contributed by atoms with Crippen molar-refractivity contribution in [3.05, 3.63) is 29.8 Å². The van der Waals surface area contributed by atoms with Crippen molar-refractivity contribution in [2.24, 2.45) is 0 Å². The minimum atomic E-state index is 0.740. The van der Waals surface area contributed by atoms with Gasteiger partial charge in [0.05, 0.1) is 0 Å². The molecule has 0 radical (unpaired) electrons. The molecule has 1 aliphatic carbocycles. The highest BCUT2D eigenvalue weighted by Crippen LogP contribution is 2.19. The van der Waals surface area contributed by atoms with Crippen molar-refractivity contribution >= 4 is 0 Å². The van der Waals surface area contributed by atoms with E-state index >= 15 is 0 Å². The van der Waals surface area contributed by atoms with Crippen LogP contribution in [0.1, 0.15) is 18.4 Å². The molecule has 0 spiro atoms. The van der Waals surface area contributed by atoms with Crippen LogP contribution in [0.2, 0.25) is 0 Å². The molecular formula is C17H29N3O. The molecular weight excluding hydrogens is 262 g/mol. The molecule has 0 aliphatic heterocycles. The second-order valence-electron chi connectivity index (χ2n) is 6.25. The Bertz CT molecular complexity index is 401. The Balaban J connectivity index is 1.61. The maximum Gasteiger partial charge on any atom is 0.119 e. The van der Waals surface area contributed by atoms with Gasteiger partial charge in [-0.05, 0) is 51.7 Å². The van der Waals surface area contributed by atoms with Crippen molar-refractivity contribution in [3.63, 3.8) is 0 Å². The first-order valence-corrected chi connectivity index (χ1v) is 7.92. The minimum absolute atomic E-state index is 0.740. The SMILES string of the molecule is CN(C)CCN(C)CCOc1ccc(CNC2CC2)cc1. The molecule has 1 fully saturated rings. The van der Waals surface area contributed by atoms with E-state index in [-0.39, 0.29) is 0 Å². The molecule has 2 rings (SSSR count). The van der Waals surface area contributed by atoms with Gasteiger partial charge in [0.25, 0.3) is 0 Å². The lowest BCUT2D eigenvalue weighted by Crippen LogP contribution is -2.31. The number of likely N-dealkylation sites (N-methyl/N-ethyl adjacent to an activating group) is 2. The maximum atomic E-state index is 5.80. The zero-order valence-electron chi connectivity index (χ0n) is 13.6. The summed E-state index contributed by atoms with van der Waals surface area (Å²) in [6.45, 7) is 4.82. The van der Waals surface area contributed by atoms with Gasteiger partial charge >= 0.3 is 0 Å². The minimum Gasteiger partial charge on any atom is -0.492 e. The second-order valence-corrected chi connectivity index (χ2v) is 6.25. The Morgan fingerprint density at radius 3 is 2.38 bits per heavy atom. The zero-order valence-corrected chi connectivity index (χ0v) is 13.6. The van der Waals surface area contributed by atoms with Crippen molar-refractivity contribution in [1.82, 2.24) is 15.1 Å². The summed E-state index contributed by atoms with van der Waals surface area (Å²) in [4.78, 5) is 4.50. The van der Waals surface area contributed by atoms with E-state index < -0.39 is 0 Å². The third kappa shape index (κ3) is 6.93. The lowest BCUT2D eigenvalue weighted by Gasteiger charge is -2.19. The first-order valence-electron chi connectivity index (χ1n) is 7.92. The molecule has 0 atom stereocenters. The van der Waals surface area contributed by atoms with Crippen molar-refractivity contribution in [3.8, 4) is 5.75 Å². The van der Waals surface area contributed by atoms with E-state index in [2.05, 4.69) is 60.5 Å². The molecule has 0 saturated heterocycles. The van der Waals surface area contributed by atoms with E-state index in [0.717, 1.165) is 44.6 Å². The smallest absolute Gasteiger partial charge is 0.119 e. The molecule has 4 heteroatoms. The summed E-state index contributed by atoms with van der Waals surface area (Å²) in [5, 5.41) is 3.52. The summed E-state index contributed by atoms with van der Waals surface area (Å²) in [6, 6.07) is 9.22. The topological polar surface area (TPSA) is 27.7 Å². The predicted octanol–water partition coefficient (Wildman–Crippen LogP) is 1.81. The van der Waals surface area contributed by atoms with E-state index in [1.54, 1.807) is 0 Å². The molecule has 4 nitrogen and oxygen atoms in total. The monoisotopic (exact) mass is 291 g/mol. The predicted molar refractivity (Wildman–Crippen MR) is 87.8 cm³/mol. The number of nitrogens with one attached hydrogen (secondary N) is 1. The van der Waals surface area contributed by atoms with Crippen LogP contribution in [0, 0.1) is 0 Å². The Morgan fingerprint density at radius 1 is 1.05 bits per heavy atom. The maximum absolute atomic E-state index is 5.80. The zero-order chi connectivity index (χ0) is 15.1. The third-order valence-electron chi connectivity index (χ3n) is 3.77. The van der Waals surface area contributed by atoms with Crippen molar-refractivity contribution in [2.75, 3.05) is 47.4 Å². The highest BCUT2D eigenvalue weighted by Gasteiger charge is 2.19. The highest BCUT2D eigenvalue weighted by atomic mass is 16.5. The van der Waals surface area contributed by atoms with Crippen molar-refractivity contribution < 1.29 is 4.74 Å². The van der Waals surface area contributed by atoms with Crippen LogP contribution in [-0.4, -0.2) is 63.2 Å². The van der Waals surface area contributed by atoms with Gasteiger partial charge < -0.3 is 19.9 Å². The molecule has 1 aromatic rings. The fourth-order valence-electron chi connectivity index (χ4n) is 2.06. The van der Waals surface area contributed by atoms with Gasteiger partial charge in [0, 0.05) is 32.2 Å². The lowest BCUT2D eigenvalue weighted by atomic mass is 10.2. The van der Waals surface area contributed by atoms with Gasteiger partial charge in [0.2, 0.25) is 0 Å². The van der Waals surface area contributed by atoms with E-state index in [0.29, 0.717) is 0 Å².